The third-order valence-electron chi connectivity index (χ3n) is 5.89. The molecule has 5 aromatic carbocycles. The first-order valence-electron chi connectivity index (χ1n) is 15.2. The first kappa shape index (κ1) is 10.3. The minimum absolute atomic E-state index is 0.0286. The van der Waals surface area contributed by atoms with Gasteiger partial charge in [0.1, 0.15) is 0 Å². The van der Waals surface area contributed by atoms with Gasteiger partial charge in [0.05, 0.1) is 35.8 Å². The second kappa shape index (κ2) is 6.60. The summed E-state index contributed by atoms with van der Waals surface area (Å²) >= 11 is 0. The smallest absolute Gasteiger partial charge is 0.0645 e. The largest absolute Gasteiger partial charge is 0.309 e. The van der Waals surface area contributed by atoms with E-state index in [0.717, 1.165) is 21.5 Å². The maximum absolute atomic E-state index is 8.69. The Morgan fingerprint density at radius 3 is 1.28 bits per heavy atom. The molecule has 7 rings (SSSR count). The number of nitrogens with zero attached hydrogens (tertiary/aromatic N) is 2. The van der Waals surface area contributed by atoms with E-state index < -0.39 is 36.3 Å². The van der Waals surface area contributed by atoms with Crippen molar-refractivity contribution >= 4 is 43.6 Å². The molecule has 0 amide bonds. The Labute approximate surface area is 199 Å². The van der Waals surface area contributed by atoms with E-state index in [-0.39, 0.29) is 35.5 Å². The third kappa shape index (κ3) is 2.29. The van der Waals surface area contributed by atoms with Crippen LogP contribution in [-0.4, -0.2) is 9.13 Å². The van der Waals surface area contributed by atoms with Crippen molar-refractivity contribution in [1.29, 1.82) is 0 Å². The molecule has 0 fully saturated rings. The molecule has 0 radical (unpaired) electrons. The highest BCUT2D eigenvalue weighted by atomic mass is 15.0. The Hall–Kier alpha value is -4.30. The molecule has 0 atom stereocenters. The van der Waals surface area contributed by atoms with Gasteiger partial charge in [-0.15, -0.1) is 0 Å². The van der Waals surface area contributed by atoms with Gasteiger partial charge in [-0.25, -0.2) is 0 Å². The molecule has 0 aliphatic rings. The standard InChI is InChI=1S/C30H20N2/c1-3-11-21(12-4-1)31-25-17-9-7-15-23(25)29-27(31)19-20-28-30(29)24-16-8-10-18-26(24)32(28)22-13-5-2-6-14-22/h1-20H/i1D,2D,3D,4D,5D,6D,11D,12D,13D,14D. The van der Waals surface area contributed by atoms with E-state index in [1.165, 1.54) is 0 Å². The zero-order valence-corrected chi connectivity index (χ0v) is 16.7. The number of para-hydroxylation sites is 4. The van der Waals surface area contributed by atoms with Crippen LogP contribution in [0.25, 0.3) is 55.0 Å². The van der Waals surface area contributed by atoms with Gasteiger partial charge in [0.15, 0.2) is 0 Å². The van der Waals surface area contributed by atoms with Crippen LogP contribution in [-0.2, 0) is 0 Å². The van der Waals surface area contributed by atoms with Crippen molar-refractivity contribution in [3.05, 3.63) is 121 Å². The SMILES string of the molecule is [2H]c1c([2H])c([2H])c(-n2c3ccccc3c3c4c5ccccc5n(-c5c([2H])c([2H])c([2H])c([2H])c5[2H])c4ccc32)c([2H])c1[2H]. The van der Waals surface area contributed by atoms with Crippen molar-refractivity contribution in [2.75, 3.05) is 0 Å². The molecular formula is C30H20N2. The molecule has 0 unspecified atom stereocenters. The Morgan fingerprint density at radius 2 is 0.844 bits per heavy atom. The highest BCUT2D eigenvalue weighted by Gasteiger charge is 2.19. The maximum atomic E-state index is 8.69. The Bertz CT molecular complexity index is 2100. The van der Waals surface area contributed by atoms with Crippen molar-refractivity contribution in [2.45, 2.75) is 0 Å². The first-order valence-corrected chi connectivity index (χ1v) is 10.2. The van der Waals surface area contributed by atoms with Crippen LogP contribution >= 0.6 is 0 Å². The summed E-state index contributed by atoms with van der Waals surface area (Å²) in [5, 5.41) is 3.04. The molecule has 2 heterocycles. The highest BCUT2D eigenvalue weighted by Crippen LogP contribution is 2.41. The zero-order chi connectivity index (χ0) is 29.8. The number of benzene rings is 5. The van der Waals surface area contributed by atoms with Gasteiger partial charge in [-0.3, -0.25) is 0 Å². The van der Waals surface area contributed by atoms with Gasteiger partial charge in [-0.1, -0.05) is 72.7 Å². The van der Waals surface area contributed by atoms with Crippen LogP contribution < -0.4 is 0 Å². The van der Waals surface area contributed by atoms with Gasteiger partial charge in [-0.2, -0.15) is 0 Å². The molecule has 0 aliphatic heterocycles. The molecule has 0 N–H and O–H groups in total. The lowest BCUT2D eigenvalue weighted by Gasteiger charge is -2.09. The summed E-state index contributed by atoms with van der Waals surface area (Å²) in [4.78, 5) is 0. The van der Waals surface area contributed by atoms with Crippen LogP contribution in [0.2, 0.25) is 0 Å². The van der Waals surface area contributed by atoms with Crippen molar-refractivity contribution in [3.63, 3.8) is 0 Å². The summed E-state index contributed by atoms with van der Waals surface area (Å²) < 4.78 is 87.4. The minimum Gasteiger partial charge on any atom is -0.309 e. The fourth-order valence-electron chi connectivity index (χ4n) is 4.71. The number of rotatable bonds is 2. The molecule has 2 aromatic heterocycles. The number of aromatic nitrogens is 2. The number of fused-ring (bicyclic) bond motifs is 7. The van der Waals surface area contributed by atoms with Gasteiger partial charge in [0.25, 0.3) is 0 Å². The lowest BCUT2D eigenvalue weighted by Crippen LogP contribution is -1.94. The van der Waals surface area contributed by atoms with Crippen LogP contribution in [0.15, 0.2) is 121 Å². The molecule has 7 aromatic rings. The fraction of sp³-hybridized carbons (Fsp3) is 0. The van der Waals surface area contributed by atoms with Gasteiger partial charge < -0.3 is 9.13 Å². The molecule has 0 spiro atoms. The third-order valence-corrected chi connectivity index (χ3v) is 5.89. The Balaban J connectivity index is 1.73. The van der Waals surface area contributed by atoms with Crippen molar-refractivity contribution in [3.8, 4) is 11.4 Å². The zero-order valence-electron chi connectivity index (χ0n) is 26.7. The van der Waals surface area contributed by atoms with Gasteiger partial charge in [0, 0.05) is 32.9 Å². The number of hydrogen-bond donors (Lipinski definition) is 0. The quantitative estimate of drug-likeness (QED) is 0.270. The molecule has 2 heteroatoms. The van der Waals surface area contributed by atoms with E-state index in [0.29, 0.717) is 22.1 Å². The van der Waals surface area contributed by atoms with Gasteiger partial charge in [0.2, 0.25) is 0 Å². The van der Waals surface area contributed by atoms with E-state index in [1.807, 2.05) is 48.5 Å². The summed E-state index contributed by atoms with van der Waals surface area (Å²) in [6.07, 6.45) is 0. The highest BCUT2D eigenvalue weighted by molar-refractivity contribution is 6.28. The molecular weight excluding hydrogens is 388 g/mol. The average molecular weight is 419 g/mol. The summed E-state index contributed by atoms with van der Waals surface area (Å²) in [5.74, 6) is 0. The molecule has 0 aliphatic carbocycles. The summed E-state index contributed by atoms with van der Waals surface area (Å²) in [7, 11) is 0. The predicted octanol–water partition coefficient (Wildman–Crippen LogP) is 7.88. The second-order valence-corrected chi connectivity index (χ2v) is 7.51. The number of hydrogen-bond acceptors (Lipinski definition) is 0. The topological polar surface area (TPSA) is 9.86 Å². The summed E-state index contributed by atoms with van der Waals surface area (Å²) in [5.41, 5.74) is 2.54. The van der Waals surface area contributed by atoms with Crippen LogP contribution in [0.5, 0.6) is 0 Å². The monoisotopic (exact) mass is 418 g/mol. The minimum atomic E-state index is -0.474. The second-order valence-electron chi connectivity index (χ2n) is 7.51. The predicted molar refractivity (Wildman–Crippen MR) is 135 cm³/mol. The fourth-order valence-corrected chi connectivity index (χ4v) is 4.71. The lowest BCUT2D eigenvalue weighted by atomic mass is 10.1. The van der Waals surface area contributed by atoms with Gasteiger partial charge >= 0.3 is 0 Å². The summed E-state index contributed by atoms with van der Waals surface area (Å²) in [6.45, 7) is 0. The maximum Gasteiger partial charge on any atom is 0.0645 e. The Morgan fingerprint density at radius 1 is 0.438 bits per heavy atom. The lowest BCUT2D eigenvalue weighted by molar-refractivity contribution is 1.17. The Kier molecular flexibility index (Phi) is 2.13. The molecule has 150 valence electrons. The van der Waals surface area contributed by atoms with Crippen molar-refractivity contribution in [2.24, 2.45) is 0 Å². The first-order chi connectivity index (χ1) is 20.1. The van der Waals surface area contributed by atoms with Gasteiger partial charge in [-0.05, 0) is 48.4 Å². The molecule has 0 saturated carbocycles. The van der Waals surface area contributed by atoms with Crippen LogP contribution in [0.4, 0.5) is 0 Å². The molecule has 32 heavy (non-hydrogen) atoms. The van der Waals surface area contributed by atoms with E-state index in [1.54, 1.807) is 21.3 Å². The van der Waals surface area contributed by atoms with E-state index >= 15 is 0 Å². The van der Waals surface area contributed by atoms with Crippen molar-refractivity contribution in [1.82, 2.24) is 9.13 Å². The summed E-state index contributed by atoms with van der Waals surface area (Å²) in [6, 6.07) is 14.4. The van der Waals surface area contributed by atoms with Crippen LogP contribution in [0.3, 0.4) is 0 Å². The molecule has 0 bridgehead atoms. The van der Waals surface area contributed by atoms with E-state index in [9.17, 15) is 0 Å². The van der Waals surface area contributed by atoms with Crippen LogP contribution in [0.1, 0.15) is 13.7 Å². The van der Waals surface area contributed by atoms with Crippen molar-refractivity contribution < 1.29 is 13.7 Å². The van der Waals surface area contributed by atoms with Crippen LogP contribution in [0, 0.1) is 0 Å². The molecule has 2 nitrogen and oxygen atoms in total. The average Bonchev–Trinajstić information content (AvgIpc) is 3.50. The molecule has 0 saturated heterocycles. The normalized spacial score (nSPS) is 16.1. The van der Waals surface area contributed by atoms with E-state index in [2.05, 4.69) is 0 Å². The van der Waals surface area contributed by atoms with E-state index in [4.69, 9.17) is 13.7 Å².